The number of nitrogens with zero attached hydrogens (tertiary/aromatic N) is 1. The number of hydrogen-bond donors (Lipinski definition) is 1. The van der Waals surface area contributed by atoms with Gasteiger partial charge >= 0.3 is 6.18 Å². The molecule has 0 aromatic heterocycles. The molecule has 1 saturated carbocycles. The lowest BCUT2D eigenvalue weighted by atomic mass is 10.0. The summed E-state index contributed by atoms with van der Waals surface area (Å²) >= 11 is 0. The van der Waals surface area contributed by atoms with E-state index in [0.29, 0.717) is 12.5 Å². The summed E-state index contributed by atoms with van der Waals surface area (Å²) in [5.74, 6) is 0.509. The van der Waals surface area contributed by atoms with Crippen molar-refractivity contribution in [2.45, 2.75) is 31.6 Å². The van der Waals surface area contributed by atoms with Crippen LogP contribution in [-0.4, -0.2) is 23.9 Å². The lowest BCUT2D eigenvalue weighted by molar-refractivity contribution is -0.139. The number of carbonyl (C=O) groups excluding carboxylic acids is 1. The first-order valence-corrected chi connectivity index (χ1v) is 7.16. The summed E-state index contributed by atoms with van der Waals surface area (Å²) in [5, 5.41) is 2.91. The van der Waals surface area contributed by atoms with E-state index < -0.39 is 17.9 Å². The number of halogens is 3. The second-order valence-electron chi connectivity index (χ2n) is 5.69. The van der Waals surface area contributed by atoms with Crippen LogP contribution in [0.3, 0.4) is 0 Å². The molecule has 3 rings (SSSR count). The Morgan fingerprint density at radius 3 is 2.62 bits per heavy atom. The fraction of sp³-hybridized carbons (Fsp3) is 0.533. The van der Waals surface area contributed by atoms with Crippen LogP contribution < -0.4 is 5.32 Å². The summed E-state index contributed by atoms with van der Waals surface area (Å²) in [6, 6.07) is 5.47. The lowest BCUT2D eigenvalue weighted by Crippen LogP contribution is -2.32. The van der Waals surface area contributed by atoms with Gasteiger partial charge in [0.15, 0.2) is 0 Å². The molecule has 1 aliphatic heterocycles. The minimum Gasteiger partial charge on any atom is -0.322 e. The van der Waals surface area contributed by atoms with Gasteiger partial charge in [-0.25, -0.2) is 0 Å². The van der Waals surface area contributed by atoms with Gasteiger partial charge in [0.25, 0.3) is 0 Å². The van der Waals surface area contributed by atoms with Crippen LogP contribution in [0.15, 0.2) is 24.3 Å². The van der Waals surface area contributed by atoms with Crippen LogP contribution >= 0.6 is 0 Å². The molecule has 0 radical (unpaired) electrons. The molecule has 1 aliphatic carbocycles. The molecular formula is C15H17F3N2O. The highest BCUT2D eigenvalue weighted by atomic mass is 19.4. The molecule has 6 heteroatoms. The van der Waals surface area contributed by atoms with Crippen LogP contribution in [0.4, 0.5) is 13.2 Å². The molecule has 1 atom stereocenters. The Morgan fingerprint density at radius 2 is 1.95 bits per heavy atom. The van der Waals surface area contributed by atoms with Crippen LogP contribution in [0.25, 0.3) is 0 Å². The van der Waals surface area contributed by atoms with Crippen molar-refractivity contribution in [3.05, 3.63) is 35.4 Å². The first-order valence-electron chi connectivity index (χ1n) is 7.16. The Hall–Kier alpha value is -1.56. The standard InChI is InChI=1S/C15H17F3N2O/c16-15(17,18)12-4-2-1-3-11(12)14-19-9-13(21)20(14)8-7-10-5-6-10/h1-4,10,14,19H,5-9H2. The first-order chi connectivity index (χ1) is 9.97. The molecule has 0 bridgehead atoms. The molecule has 21 heavy (non-hydrogen) atoms. The van der Waals surface area contributed by atoms with Crippen molar-refractivity contribution < 1.29 is 18.0 Å². The average molecular weight is 298 g/mol. The van der Waals surface area contributed by atoms with Crippen molar-refractivity contribution in [2.24, 2.45) is 5.92 Å². The fourth-order valence-electron chi connectivity index (χ4n) is 2.79. The number of nitrogens with one attached hydrogen (secondary N) is 1. The monoisotopic (exact) mass is 298 g/mol. The Labute approximate surface area is 121 Å². The summed E-state index contributed by atoms with van der Waals surface area (Å²) in [4.78, 5) is 13.5. The van der Waals surface area contributed by atoms with Crippen LogP contribution in [0.5, 0.6) is 0 Å². The first kappa shape index (κ1) is 14.4. The van der Waals surface area contributed by atoms with E-state index >= 15 is 0 Å². The van der Waals surface area contributed by atoms with Crippen LogP contribution in [0.2, 0.25) is 0 Å². The van der Waals surface area contributed by atoms with Gasteiger partial charge in [-0.3, -0.25) is 10.1 Å². The normalized spacial score (nSPS) is 22.9. The molecule has 1 saturated heterocycles. The van der Waals surface area contributed by atoms with Crippen molar-refractivity contribution in [3.63, 3.8) is 0 Å². The zero-order valence-corrected chi connectivity index (χ0v) is 11.5. The second-order valence-corrected chi connectivity index (χ2v) is 5.69. The quantitative estimate of drug-likeness (QED) is 0.927. The molecule has 1 aromatic carbocycles. The zero-order valence-electron chi connectivity index (χ0n) is 11.5. The number of alkyl halides is 3. The maximum atomic E-state index is 13.1. The zero-order chi connectivity index (χ0) is 15.0. The van der Waals surface area contributed by atoms with Crippen molar-refractivity contribution in [1.82, 2.24) is 10.2 Å². The predicted octanol–water partition coefficient (Wildman–Crippen LogP) is 2.94. The van der Waals surface area contributed by atoms with Gasteiger partial charge in [0, 0.05) is 12.1 Å². The Kier molecular flexibility index (Phi) is 3.65. The van der Waals surface area contributed by atoms with Gasteiger partial charge in [-0.15, -0.1) is 0 Å². The summed E-state index contributed by atoms with van der Waals surface area (Å²) < 4.78 is 39.4. The SMILES string of the molecule is O=C1CNC(c2ccccc2C(F)(F)F)N1CCC1CC1. The average Bonchev–Trinajstić information content (AvgIpc) is 3.19. The number of amides is 1. The molecule has 2 aliphatic rings. The van der Waals surface area contributed by atoms with E-state index in [1.165, 1.54) is 25.0 Å². The van der Waals surface area contributed by atoms with Gasteiger partial charge in [0.2, 0.25) is 5.91 Å². The minimum absolute atomic E-state index is 0.0987. The molecule has 114 valence electrons. The van der Waals surface area contributed by atoms with E-state index in [1.54, 1.807) is 11.0 Å². The number of benzene rings is 1. The maximum Gasteiger partial charge on any atom is 0.416 e. The Balaban J connectivity index is 1.85. The summed E-state index contributed by atoms with van der Waals surface area (Å²) in [7, 11) is 0. The van der Waals surface area contributed by atoms with Gasteiger partial charge in [-0.1, -0.05) is 31.0 Å². The second kappa shape index (κ2) is 5.33. The lowest BCUT2D eigenvalue weighted by Gasteiger charge is -2.27. The van der Waals surface area contributed by atoms with E-state index in [9.17, 15) is 18.0 Å². The van der Waals surface area contributed by atoms with Crippen LogP contribution in [-0.2, 0) is 11.0 Å². The summed E-state index contributed by atoms with van der Waals surface area (Å²) in [6.07, 6.45) is -1.88. The van der Waals surface area contributed by atoms with Crippen molar-refractivity contribution >= 4 is 5.91 Å². The number of rotatable bonds is 4. The highest BCUT2D eigenvalue weighted by Gasteiger charge is 2.40. The highest BCUT2D eigenvalue weighted by molar-refractivity contribution is 5.81. The largest absolute Gasteiger partial charge is 0.416 e. The van der Waals surface area contributed by atoms with Gasteiger partial charge < -0.3 is 4.90 Å². The molecule has 3 nitrogen and oxygen atoms in total. The third-order valence-electron chi connectivity index (χ3n) is 4.11. The Bertz CT molecular complexity index is 540. The molecule has 2 fully saturated rings. The molecular weight excluding hydrogens is 281 g/mol. The summed E-state index contributed by atoms with van der Waals surface area (Å²) in [5.41, 5.74) is -0.541. The van der Waals surface area contributed by atoms with E-state index in [4.69, 9.17) is 0 Å². The Morgan fingerprint density at radius 1 is 1.24 bits per heavy atom. The highest BCUT2D eigenvalue weighted by Crippen LogP contribution is 2.38. The maximum absolute atomic E-state index is 13.1. The van der Waals surface area contributed by atoms with E-state index in [-0.39, 0.29) is 18.0 Å². The van der Waals surface area contributed by atoms with E-state index in [0.717, 1.165) is 12.5 Å². The number of carbonyl (C=O) groups is 1. The molecule has 0 spiro atoms. The van der Waals surface area contributed by atoms with E-state index in [1.807, 2.05) is 0 Å². The molecule has 1 unspecified atom stereocenters. The molecule has 1 N–H and O–H groups in total. The third kappa shape index (κ3) is 3.05. The van der Waals surface area contributed by atoms with Gasteiger partial charge in [-0.2, -0.15) is 13.2 Å². The van der Waals surface area contributed by atoms with Gasteiger partial charge in [-0.05, 0) is 18.4 Å². The topological polar surface area (TPSA) is 32.3 Å². The minimum atomic E-state index is -4.41. The van der Waals surface area contributed by atoms with Gasteiger partial charge in [0.1, 0.15) is 6.17 Å². The van der Waals surface area contributed by atoms with Crippen molar-refractivity contribution in [2.75, 3.05) is 13.1 Å². The van der Waals surface area contributed by atoms with Crippen molar-refractivity contribution in [3.8, 4) is 0 Å². The van der Waals surface area contributed by atoms with Crippen molar-refractivity contribution in [1.29, 1.82) is 0 Å². The molecule has 1 amide bonds. The summed E-state index contributed by atoms with van der Waals surface area (Å²) in [6.45, 7) is 0.620. The third-order valence-corrected chi connectivity index (χ3v) is 4.11. The molecule has 1 aromatic rings. The number of hydrogen-bond acceptors (Lipinski definition) is 2. The van der Waals surface area contributed by atoms with Crippen LogP contribution in [0.1, 0.15) is 36.6 Å². The van der Waals surface area contributed by atoms with Gasteiger partial charge in [0.05, 0.1) is 12.1 Å². The molecule has 1 heterocycles. The van der Waals surface area contributed by atoms with Crippen LogP contribution in [0, 0.1) is 5.92 Å². The fourth-order valence-corrected chi connectivity index (χ4v) is 2.79. The smallest absolute Gasteiger partial charge is 0.322 e. The van der Waals surface area contributed by atoms with E-state index in [2.05, 4.69) is 5.32 Å². The predicted molar refractivity (Wildman–Crippen MR) is 71.2 cm³/mol.